The summed E-state index contributed by atoms with van der Waals surface area (Å²) in [5.74, 6) is -0.0130. The van der Waals surface area contributed by atoms with Crippen LogP contribution in [0.1, 0.15) is 6.92 Å². The predicted molar refractivity (Wildman–Crippen MR) is 106 cm³/mol. The number of hydrogen-bond acceptors (Lipinski definition) is 6. The third kappa shape index (κ3) is 5.94. The monoisotopic (exact) mass is 427 g/mol. The third-order valence-corrected chi connectivity index (χ3v) is 4.09. The maximum Gasteiger partial charge on any atom is 0.347 e. The van der Waals surface area contributed by atoms with E-state index in [4.69, 9.17) is 42.1 Å². The largest absolute Gasteiger partial charge is 0.497 e. The highest BCUT2D eigenvalue weighted by atomic mass is 35.5. The van der Waals surface area contributed by atoms with Crippen LogP contribution < -0.4 is 19.5 Å². The zero-order valence-corrected chi connectivity index (χ0v) is 17.0. The molecule has 0 heterocycles. The summed E-state index contributed by atoms with van der Waals surface area (Å²) >= 11 is 11.8. The first-order valence-corrected chi connectivity index (χ1v) is 8.90. The molecule has 2 aromatic carbocycles. The van der Waals surface area contributed by atoms with E-state index in [1.165, 1.54) is 33.3 Å². The van der Waals surface area contributed by atoms with Crippen LogP contribution in [-0.4, -0.2) is 38.8 Å². The molecule has 0 unspecified atom stereocenters. The van der Waals surface area contributed by atoms with Crippen molar-refractivity contribution >= 4 is 40.8 Å². The molecule has 0 aromatic heterocycles. The number of methoxy groups -OCH3 is 2. The third-order valence-electron chi connectivity index (χ3n) is 3.56. The fourth-order valence-corrected chi connectivity index (χ4v) is 2.61. The van der Waals surface area contributed by atoms with E-state index in [-0.39, 0.29) is 10.8 Å². The standard InChI is InChI=1S/C19H19Cl2NO6/c1-11(28-16-6-4-12(20)8-14(16)21)19(24)27-10-18(23)22-15-9-13(25-2)5-7-17(15)26-3/h4-9,11H,10H2,1-3H3,(H,22,23)/t11-/m0/s1. The zero-order valence-electron chi connectivity index (χ0n) is 15.5. The van der Waals surface area contributed by atoms with Crippen LogP contribution in [0.3, 0.4) is 0 Å². The Bertz CT molecular complexity index is 858. The second-order valence-electron chi connectivity index (χ2n) is 5.56. The van der Waals surface area contributed by atoms with Crippen molar-refractivity contribution < 1.29 is 28.5 Å². The summed E-state index contributed by atoms with van der Waals surface area (Å²) in [5, 5.41) is 3.30. The number of rotatable bonds is 8. The number of esters is 1. The van der Waals surface area contributed by atoms with Crippen LogP contribution in [0.5, 0.6) is 17.2 Å². The van der Waals surface area contributed by atoms with Gasteiger partial charge < -0.3 is 24.3 Å². The van der Waals surface area contributed by atoms with Crippen LogP contribution in [-0.2, 0) is 14.3 Å². The van der Waals surface area contributed by atoms with Gasteiger partial charge in [-0.3, -0.25) is 4.79 Å². The Morgan fingerprint density at radius 2 is 1.75 bits per heavy atom. The predicted octanol–water partition coefficient (Wildman–Crippen LogP) is 3.96. The molecule has 0 saturated carbocycles. The van der Waals surface area contributed by atoms with Crippen molar-refractivity contribution in [2.24, 2.45) is 0 Å². The topological polar surface area (TPSA) is 83.1 Å². The fraction of sp³-hybridized carbons (Fsp3) is 0.263. The SMILES string of the molecule is COc1ccc(OC)c(NC(=O)COC(=O)[C@H](C)Oc2ccc(Cl)cc2Cl)c1. The summed E-state index contributed by atoms with van der Waals surface area (Å²) < 4.78 is 20.7. The van der Waals surface area contributed by atoms with E-state index < -0.39 is 24.6 Å². The van der Waals surface area contributed by atoms with Crippen molar-refractivity contribution in [1.29, 1.82) is 0 Å². The van der Waals surface area contributed by atoms with Gasteiger partial charge in [-0.2, -0.15) is 0 Å². The number of anilines is 1. The van der Waals surface area contributed by atoms with Crippen LogP contribution in [0.4, 0.5) is 5.69 Å². The summed E-state index contributed by atoms with van der Waals surface area (Å²) in [4.78, 5) is 24.2. The Morgan fingerprint density at radius 3 is 2.39 bits per heavy atom. The Morgan fingerprint density at radius 1 is 1.04 bits per heavy atom. The Labute approximate surface area is 172 Å². The molecule has 1 amide bonds. The molecular formula is C19H19Cl2NO6. The number of hydrogen-bond donors (Lipinski definition) is 1. The summed E-state index contributed by atoms with van der Waals surface area (Å²) in [6, 6.07) is 9.53. The van der Waals surface area contributed by atoms with Crippen molar-refractivity contribution in [3.05, 3.63) is 46.4 Å². The van der Waals surface area contributed by atoms with Gasteiger partial charge in [-0.1, -0.05) is 23.2 Å². The van der Waals surface area contributed by atoms with Crippen molar-refractivity contribution in [2.75, 3.05) is 26.1 Å². The smallest absolute Gasteiger partial charge is 0.347 e. The van der Waals surface area contributed by atoms with E-state index in [2.05, 4.69) is 5.32 Å². The number of carbonyl (C=O) groups excluding carboxylic acids is 2. The minimum atomic E-state index is -0.974. The van der Waals surface area contributed by atoms with Crippen molar-refractivity contribution in [3.63, 3.8) is 0 Å². The van der Waals surface area contributed by atoms with Gasteiger partial charge in [-0.25, -0.2) is 4.79 Å². The van der Waals surface area contributed by atoms with Crippen molar-refractivity contribution in [2.45, 2.75) is 13.0 Å². The van der Waals surface area contributed by atoms with Gasteiger partial charge in [0, 0.05) is 11.1 Å². The summed E-state index contributed by atoms with van der Waals surface area (Å²) in [6.45, 7) is 0.984. The lowest BCUT2D eigenvalue weighted by Gasteiger charge is -2.15. The number of halogens is 2. The first-order valence-electron chi connectivity index (χ1n) is 8.14. The normalized spacial score (nSPS) is 11.3. The second kappa shape index (κ2) is 10.1. The molecular weight excluding hydrogens is 409 g/mol. The Hall–Kier alpha value is -2.64. The van der Waals surface area contributed by atoms with E-state index in [1.54, 1.807) is 24.3 Å². The first kappa shape index (κ1) is 21.7. The Balaban J connectivity index is 1.90. The van der Waals surface area contributed by atoms with Crippen LogP contribution in [0.2, 0.25) is 10.0 Å². The number of nitrogens with one attached hydrogen (secondary N) is 1. The molecule has 0 saturated heterocycles. The molecule has 1 atom stereocenters. The van der Waals surface area contributed by atoms with Gasteiger partial charge in [0.05, 0.1) is 24.9 Å². The van der Waals surface area contributed by atoms with E-state index in [0.717, 1.165) is 0 Å². The molecule has 7 nitrogen and oxygen atoms in total. The molecule has 150 valence electrons. The summed E-state index contributed by atoms with van der Waals surface area (Å²) in [7, 11) is 2.97. The molecule has 0 radical (unpaired) electrons. The molecule has 1 N–H and O–H groups in total. The van der Waals surface area contributed by atoms with Crippen LogP contribution >= 0.6 is 23.2 Å². The molecule has 28 heavy (non-hydrogen) atoms. The first-order chi connectivity index (χ1) is 13.3. The van der Waals surface area contributed by atoms with Gasteiger partial charge in [0.25, 0.3) is 5.91 Å². The molecule has 0 aliphatic heterocycles. The van der Waals surface area contributed by atoms with Gasteiger partial charge in [-0.05, 0) is 37.3 Å². The molecule has 0 aliphatic carbocycles. The van der Waals surface area contributed by atoms with Crippen LogP contribution in [0.25, 0.3) is 0 Å². The van der Waals surface area contributed by atoms with E-state index in [1.807, 2.05) is 0 Å². The maximum atomic E-state index is 12.1. The van der Waals surface area contributed by atoms with E-state index in [0.29, 0.717) is 22.2 Å². The fourth-order valence-electron chi connectivity index (χ4n) is 2.16. The number of carbonyl (C=O) groups is 2. The van der Waals surface area contributed by atoms with Gasteiger partial charge in [0.2, 0.25) is 0 Å². The zero-order chi connectivity index (χ0) is 20.7. The van der Waals surface area contributed by atoms with Crippen LogP contribution in [0.15, 0.2) is 36.4 Å². The molecule has 2 aromatic rings. The Kier molecular flexibility index (Phi) is 7.78. The van der Waals surface area contributed by atoms with Gasteiger partial charge in [0.15, 0.2) is 12.7 Å². The minimum Gasteiger partial charge on any atom is -0.497 e. The highest BCUT2D eigenvalue weighted by molar-refractivity contribution is 6.35. The molecule has 0 spiro atoms. The highest BCUT2D eigenvalue weighted by Gasteiger charge is 2.19. The van der Waals surface area contributed by atoms with E-state index >= 15 is 0 Å². The molecule has 2 rings (SSSR count). The number of amides is 1. The van der Waals surface area contributed by atoms with Gasteiger partial charge >= 0.3 is 5.97 Å². The van der Waals surface area contributed by atoms with Gasteiger partial charge in [0.1, 0.15) is 17.2 Å². The highest BCUT2D eigenvalue weighted by Crippen LogP contribution is 2.29. The lowest BCUT2D eigenvalue weighted by Crippen LogP contribution is -2.29. The molecule has 0 aliphatic rings. The summed E-state index contributed by atoms with van der Waals surface area (Å²) in [6.07, 6.45) is -0.974. The number of ether oxygens (including phenoxy) is 4. The quantitative estimate of drug-likeness (QED) is 0.641. The number of benzene rings is 2. The van der Waals surface area contributed by atoms with Gasteiger partial charge in [-0.15, -0.1) is 0 Å². The average molecular weight is 428 g/mol. The molecule has 9 heteroatoms. The maximum absolute atomic E-state index is 12.1. The van der Waals surface area contributed by atoms with Crippen molar-refractivity contribution in [1.82, 2.24) is 0 Å². The average Bonchev–Trinajstić information content (AvgIpc) is 2.68. The van der Waals surface area contributed by atoms with Crippen LogP contribution in [0, 0.1) is 0 Å². The van der Waals surface area contributed by atoms with Crippen molar-refractivity contribution in [3.8, 4) is 17.2 Å². The minimum absolute atomic E-state index is 0.259. The molecule has 0 fully saturated rings. The second-order valence-corrected chi connectivity index (χ2v) is 6.40. The lowest BCUT2D eigenvalue weighted by molar-refractivity contribution is -0.153. The summed E-state index contributed by atoms with van der Waals surface area (Å²) in [5.41, 5.74) is 0.389. The lowest BCUT2D eigenvalue weighted by atomic mass is 10.2. The van der Waals surface area contributed by atoms with E-state index in [9.17, 15) is 9.59 Å². The molecule has 0 bridgehead atoms.